The van der Waals surface area contributed by atoms with Crippen LogP contribution in [0.1, 0.15) is 5.56 Å². The second kappa shape index (κ2) is 6.78. The molecule has 0 radical (unpaired) electrons. The lowest BCUT2D eigenvalue weighted by Crippen LogP contribution is -2.04. The Labute approximate surface area is 129 Å². The Balaban J connectivity index is 2.08. The predicted molar refractivity (Wildman–Crippen MR) is 79.0 cm³/mol. The zero-order chi connectivity index (χ0) is 15.4. The molecule has 0 aliphatic carbocycles. The van der Waals surface area contributed by atoms with E-state index in [1.54, 1.807) is 23.3 Å². The van der Waals surface area contributed by atoms with Crippen molar-refractivity contribution >= 4 is 35.1 Å². The van der Waals surface area contributed by atoms with Gasteiger partial charge < -0.3 is 10.1 Å². The van der Waals surface area contributed by atoms with Crippen molar-refractivity contribution in [2.45, 2.75) is 13.2 Å². The molecule has 8 heteroatoms. The Hall–Kier alpha value is -1.79. The minimum atomic E-state index is -2.98. The fourth-order valence-corrected chi connectivity index (χ4v) is 2.21. The maximum Gasteiger partial charge on any atom is 0.387 e. The molecule has 0 unspecified atom stereocenters. The number of hydrogen-bond acceptors (Lipinski definition) is 3. The van der Waals surface area contributed by atoms with Crippen molar-refractivity contribution in [1.29, 1.82) is 0 Å². The molecule has 0 amide bonds. The van der Waals surface area contributed by atoms with Gasteiger partial charge in [0.05, 0.1) is 16.2 Å². The maximum atomic E-state index is 12.2. The van der Waals surface area contributed by atoms with Gasteiger partial charge in [0.25, 0.3) is 0 Å². The van der Waals surface area contributed by atoms with Crippen molar-refractivity contribution in [2.75, 3.05) is 5.32 Å². The van der Waals surface area contributed by atoms with Gasteiger partial charge in [-0.3, -0.25) is 0 Å². The summed E-state index contributed by atoms with van der Waals surface area (Å²) in [7, 11) is 0. The van der Waals surface area contributed by atoms with Crippen LogP contribution in [0, 0.1) is 0 Å². The molecule has 0 saturated heterocycles. The number of hydrogen-bond donors (Lipinski definition) is 1. The van der Waals surface area contributed by atoms with Gasteiger partial charge in [0.1, 0.15) is 0 Å². The SMILES string of the molecule is C=Cn1cc(CNc2cc(Cl)c(OC(F)F)c(Cl)c2)cn1. The van der Waals surface area contributed by atoms with E-state index in [1.165, 1.54) is 12.1 Å². The molecule has 0 atom stereocenters. The van der Waals surface area contributed by atoms with Gasteiger partial charge in [-0.25, -0.2) is 4.68 Å². The number of nitrogens with one attached hydrogen (secondary N) is 1. The Morgan fingerprint density at radius 1 is 1.38 bits per heavy atom. The van der Waals surface area contributed by atoms with E-state index in [1.807, 2.05) is 0 Å². The lowest BCUT2D eigenvalue weighted by Gasteiger charge is -2.11. The van der Waals surface area contributed by atoms with Gasteiger partial charge in [-0.2, -0.15) is 13.9 Å². The van der Waals surface area contributed by atoms with E-state index in [-0.39, 0.29) is 15.8 Å². The summed E-state index contributed by atoms with van der Waals surface area (Å²) in [6.07, 6.45) is 5.03. The molecule has 0 saturated carbocycles. The highest BCUT2D eigenvalue weighted by molar-refractivity contribution is 6.37. The normalized spacial score (nSPS) is 10.7. The number of aromatic nitrogens is 2. The Morgan fingerprint density at radius 3 is 2.57 bits per heavy atom. The summed E-state index contributed by atoms with van der Waals surface area (Å²) in [6.45, 7) is 1.07. The molecule has 0 aliphatic heterocycles. The molecule has 2 rings (SSSR count). The summed E-state index contributed by atoms with van der Waals surface area (Å²) in [4.78, 5) is 0. The fourth-order valence-electron chi connectivity index (χ4n) is 1.64. The molecule has 0 spiro atoms. The van der Waals surface area contributed by atoms with Gasteiger partial charge in [0, 0.05) is 30.2 Å². The number of anilines is 1. The van der Waals surface area contributed by atoms with Crippen LogP contribution in [0.3, 0.4) is 0 Å². The van der Waals surface area contributed by atoms with Crippen LogP contribution in [0.15, 0.2) is 31.1 Å². The summed E-state index contributed by atoms with van der Waals surface area (Å²) in [5.41, 5.74) is 1.49. The number of nitrogens with zero attached hydrogens (tertiary/aromatic N) is 2. The first kappa shape index (κ1) is 15.6. The van der Waals surface area contributed by atoms with E-state index < -0.39 is 6.61 Å². The number of halogens is 4. The highest BCUT2D eigenvalue weighted by atomic mass is 35.5. The van der Waals surface area contributed by atoms with Gasteiger partial charge in [-0.1, -0.05) is 29.8 Å². The lowest BCUT2D eigenvalue weighted by atomic mass is 10.2. The number of benzene rings is 1. The van der Waals surface area contributed by atoms with E-state index in [0.717, 1.165) is 5.56 Å². The quantitative estimate of drug-likeness (QED) is 0.845. The van der Waals surface area contributed by atoms with Crippen molar-refractivity contribution in [3.63, 3.8) is 0 Å². The van der Waals surface area contributed by atoms with Gasteiger partial charge in [0.15, 0.2) is 5.75 Å². The molecule has 1 aromatic carbocycles. The highest BCUT2D eigenvalue weighted by Crippen LogP contribution is 2.37. The van der Waals surface area contributed by atoms with Crippen molar-refractivity contribution in [1.82, 2.24) is 9.78 Å². The van der Waals surface area contributed by atoms with Crippen LogP contribution in [0.5, 0.6) is 5.75 Å². The molecule has 1 aromatic heterocycles. The lowest BCUT2D eigenvalue weighted by molar-refractivity contribution is -0.0497. The molecule has 1 heterocycles. The fraction of sp³-hybridized carbons (Fsp3) is 0.154. The Bertz CT molecular complexity index is 623. The van der Waals surface area contributed by atoms with E-state index in [4.69, 9.17) is 23.2 Å². The van der Waals surface area contributed by atoms with Gasteiger partial charge in [-0.15, -0.1) is 0 Å². The minimum Gasteiger partial charge on any atom is -0.432 e. The third-order valence-corrected chi connectivity index (χ3v) is 3.11. The average Bonchev–Trinajstić information content (AvgIpc) is 2.88. The van der Waals surface area contributed by atoms with Crippen LogP contribution in [-0.4, -0.2) is 16.4 Å². The van der Waals surface area contributed by atoms with Gasteiger partial charge in [0.2, 0.25) is 0 Å². The number of ether oxygens (including phenoxy) is 1. The molecule has 112 valence electrons. The summed E-state index contributed by atoms with van der Waals surface area (Å²) in [6, 6.07) is 2.92. The van der Waals surface area contributed by atoms with Crippen LogP contribution in [0.4, 0.5) is 14.5 Å². The van der Waals surface area contributed by atoms with Crippen molar-refractivity contribution < 1.29 is 13.5 Å². The molecular weight excluding hydrogens is 323 g/mol. The van der Waals surface area contributed by atoms with Crippen molar-refractivity contribution in [3.8, 4) is 5.75 Å². The summed E-state index contributed by atoms with van der Waals surface area (Å²) in [5, 5.41) is 7.11. The first-order chi connectivity index (χ1) is 9.99. The zero-order valence-corrected chi connectivity index (χ0v) is 12.2. The van der Waals surface area contributed by atoms with E-state index in [9.17, 15) is 8.78 Å². The minimum absolute atomic E-state index is 0.00656. The molecule has 0 fully saturated rings. The largest absolute Gasteiger partial charge is 0.432 e. The van der Waals surface area contributed by atoms with E-state index >= 15 is 0 Å². The molecule has 2 aromatic rings. The maximum absolute atomic E-state index is 12.2. The van der Waals surface area contributed by atoms with Crippen molar-refractivity contribution in [3.05, 3.63) is 46.7 Å². The molecule has 0 aliphatic rings. The highest BCUT2D eigenvalue weighted by Gasteiger charge is 2.14. The van der Waals surface area contributed by atoms with E-state index in [0.29, 0.717) is 12.2 Å². The molecular formula is C13H11Cl2F2N3O. The third-order valence-electron chi connectivity index (χ3n) is 2.54. The first-order valence-corrected chi connectivity index (χ1v) is 6.58. The Kier molecular flexibility index (Phi) is 5.03. The monoisotopic (exact) mass is 333 g/mol. The Morgan fingerprint density at radius 2 is 2.05 bits per heavy atom. The summed E-state index contributed by atoms with van der Waals surface area (Å²) < 4.78 is 30.3. The third kappa shape index (κ3) is 4.09. The average molecular weight is 334 g/mol. The first-order valence-electron chi connectivity index (χ1n) is 5.83. The van der Waals surface area contributed by atoms with Crippen molar-refractivity contribution in [2.24, 2.45) is 0 Å². The molecule has 0 bridgehead atoms. The van der Waals surface area contributed by atoms with Gasteiger partial charge in [-0.05, 0) is 12.1 Å². The number of alkyl halides is 2. The van der Waals surface area contributed by atoms with E-state index in [2.05, 4.69) is 21.7 Å². The van der Waals surface area contributed by atoms with Crippen LogP contribution >= 0.6 is 23.2 Å². The topological polar surface area (TPSA) is 39.1 Å². The summed E-state index contributed by atoms with van der Waals surface area (Å²) >= 11 is 11.7. The molecule has 1 N–H and O–H groups in total. The van der Waals surface area contributed by atoms with Crippen LogP contribution in [-0.2, 0) is 6.54 Å². The number of rotatable bonds is 6. The molecule has 4 nitrogen and oxygen atoms in total. The molecule has 21 heavy (non-hydrogen) atoms. The van der Waals surface area contributed by atoms with Crippen LogP contribution < -0.4 is 10.1 Å². The van der Waals surface area contributed by atoms with Gasteiger partial charge >= 0.3 is 6.61 Å². The van der Waals surface area contributed by atoms with Crippen LogP contribution in [0.2, 0.25) is 10.0 Å². The second-order valence-electron chi connectivity index (χ2n) is 4.01. The summed E-state index contributed by atoms with van der Waals surface area (Å²) in [5.74, 6) is -0.238. The predicted octanol–water partition coefficient (Wildman–Crippen LogP) is 4.50. The smallest absolute Gasteiger partial charge is 0.387 e. The standard InChI is InChI=1S/C13H11Cl2F2N3O/c1-2-20-7-8(6-19-20)5-18-9-3-10(14)12(11(15)4-9)21-13(16)17/h2-4,6-7,13,18H,1,5H2. The zero-order valence-electron chi connectivity index (χ0n) is 10.7. The van der Waals surface area contributed by atoms with Crippen LogP contribution in [0.25, 0.3) is 6.20 Å². The second-order valence-corrected chi connectivity index (χ2v) is 4.83.